The molecule has 2 amide bonds. The van der Waals surface area contributed by atoms with Crippen LogP contribution in [0.4, 0.5) is 5.69 Å². The highest BCUT2D eigenvalue weighted by Crippen LogP contribution is 2.65. The first kappa shape index (κ1) is 30.8. The molecule has 3 saturated heterocycles. The van der Waals surface area contributed by atoms with Gasteiger partial charge in [-0.15, -0.1) is 13.2 Å². The summed E-state index contributed by atoms with van der Waals surface area (Å²) in [6, 6.07) is 6.22. The number of benzene rings is 1. The van der Waals surface area contributed by atoms with Crippen LogP contribution in [0.1, 0.15) is 52.4 Å². The van der Waals surface area contributed by atoms with Crippen LogP contribution in [0.15, 0.2) is 49.6 Å². The van der Waals surface area contributed by atoms with E-state index < -0.39 is 35.0 Å². The number of carbonyl (C=O) groups excluding carboxylic acids is 3. The molecule has 0 aromatic heterocycles. The number of hydrogen-bond acceptors (Lipinski definition) is 7. The normalized spacial score (nSPS) is 29.8. The molecule has 9 heteroatoms. The second kappa shape index (κ2) is 12.8. The third kappa shape index (κ3) is 5.42. The minimum absolute atomic E-state index is 0.0178. The van der Waals surface area contributed by atoms with E-state index in [2.05, 4.69) is 13.2 Å². The van der Waals surface area contributed by atoms with E-state index in [-0.39, 0.29) is 44.0 Å². The van der Waals surface area contributed by atoms with Crippen molar-refractivity contribution in [1.82, 2.24) is 4.90 Å². The summed E-state index contributed by atoms with van der Waals surface area (Å²) in [5, 5.41) is 9.42. The highest BCUT2D eigenvalue weighted by atomic mass is 16.6. The van der Waals surface area contributed by atoms with Crippen molar-refractivity contribution in [2.75, 3.05) is 38.3 Å². The Morgan fingerprint density at radius 1 is 1.17 bits per heavy atom. The minimum atomic E-state index is -1.17. The van der Waals surface area contributed by atoms with Crippen LogP contribution >= 0.6 is 0 Å². The number of ether oxygens (including phenoxy) is 3. The van der Waals surface area contributed by atoms with Crippen molar-refractivity contribution in [2.24, 2.45) is 17.8 Å². The maximum absolute atomic E-state index is 14.6. The number of hydrogen-bond donors (Lipinski definition) is 1. The molecule has 1 aromatic carbocycles. The number of unbranched alkanes of at least 4 members (excludes halogenated alkanes) is 3. The summed E-state index contributed by atoms with van der Waals surface area (Å²) in [4.78, 5) is 45.6. The molecular formula is C32H44N2O7. The van der Waals surface area contributed by atoms with Crippen molar-refractivity contribution >= 4 is 23.5 Å². The Hall–Kier alpha value is -3.17. The average molecular weight is 569 g/mol. The quantitative estimate of drug-likeness (QED) is 0.194. The maximum Gasteiger partial charge on any atom is 0.312 e. The zero-order valence-corrected chi connectivity index (χ0v) is 24.5. The van der Waals surface area contributed by atoms with Crippen LogP contribution in [-0.4, -0.2) is 78.4 Å². The zero-order valence-electron chi connectivity index (χ0n) is 24.5. The lowest BCUT2D eigenvalue weighted by atomic mass is 9.62. The molecule has 6 atom stereocenters. The van der Waals surface area contributed by atoms with Gasteiger partial charge in [-0.05, 0) is 75.6 Å². The van der Waals surface area contributed by atoms with Gasteiger partial charge < -0.3 is 29.1 Å². The number of amides is 2. The molecule has 0 saturated carbocycles. The second-order valence-electron chi connectivity index (χ2n) is 11.6. The Bertz CT molecular complexity index is 1140. The fourth-order valence-corrected chi connectivity index (χ4v) is 7.03. The van der Waals surface area contributed by atoms with Gasteiger partial charge in [-0.3, -0.25) is 14.4 Å². The third-order valence-corrected chi connectivity index (χ3v) is 9.12. The molecular weight excluding hydrogens is 524 g/mol. The molecule has 3 unspecified atom stereocenters. The van der Waals surface area contributed by atoms with Crippen LogP contribution in [-0.2, 0) is 23.9 Å². The molecule has 41 heavy (non-hydrogen) atoms. The molecule has 2 bridgehead atoms. The topological polar surface area (TPSA) is 106 Å². The van der Waals surface area contributed by atoms with Crippen molar-refractivity contribution in [3.8, 4) is 5.75 Å². The highest BCUT2D eigenvalue weighted by Gasteiger charge is 2.80. The Kier molecular flexibility index (Phi) is 9.59. The molecule has 0 aliphatic carbocycles. The Labute approximate surface area is 243 Å². The van der Waals surface area contributed by atoms with Gasteiger partial charge in [-0.2, -0.15) is 0 Å². The van der Waals surface area contributed by atoms with Gasteiger partial charge in [0.1, 0.15) is 23.3 Å². The van der Waals surface area contributed by atoms with Crippen molar-refractivity contribution in [1.29, 1.82) is 0 Å². The lowest BCUT2D eigenvalue weighted by Crippen LogP contribution is -2.57. The van der Waals surface area contributed by atoms with Gasteiger partial charge in [0, 0.05) is 25.4 Å². The van der Waals surface area contributed by atoms with Gasteiger partial charge >= 0.3 is 5.97 Å². The van der Waals surface area contributed by atoms with Crippen molar-refractivity contribution in [3.63, 3.8) is 0 Å². The summed E-state index contributed by atoms with van der Waals surface area (Å²) >= 11 is 0. The molecule has 4 rings (SSSR count). The fourth-order valence-electron chi connectivity index (χ4n) is 7.03. The van der Waals surface area contributed by atoms with E-state index >= 15 is 0 Å². The van der Waals surface area contributed by atoms with E-state index in [9.17, 15) is 19.5 Å². The fraction of sp³-hybridized carbons (Fsp3) is 0.594. The molecule has 0 radical (unpaired) electrons. The first-order valence-electron chi connectivity index (χ1n) is 14.7. The molecule has 9 nitrogen and oxygen atoms in total. The van der Waals surface area contributed by atoms with Crippen LogP contribution in [0.3, 0.4) is 0 Å². The minimum Gasteiger partial charge on any atom is -0.497 e. The number of aliphatic hydroxyl groups excluding tert-OH is 1. The average Bonchev–Trinajstić information content (AvgIpc) is 3.48. The molecule has 3 fully saturated rings. The predicted molar refractivity (Wildman–Crippen MR) is 155 cm³/mol. The number of allylic oxidation sites excluding steroid dienone is 1. The predicted octanol–water partition coefficient (Wildman–Crippen LogP) is 3.90. The SMILES string of the molecule is C=CCCCCOC(=O)[C@H]1[C@H]2C(=O)N(CCCCO)C(C(=O)N(CC=C)c3ccc(OC)cc3)C23CC(C)[C@]1(C)O3. The monoisotopic (exact) mass is 568 g/mol. The summed E-state index contributed by atoms with van der Waals surface area (Å²) < 4.78 is 17.8. The van der Waals surface area contributed by atoms with Gasteiger partial charge in [-0.1, -0.05) is 19.1 Å². The van der Waals surface area contributed by atoms with E-state index in [4.69, 9.17) is 14.2 Å². The van der Waals surface area contributed by atoms with Crippen molar-refractivity contribution < 1.29 is 33.7 Å². The Morgan fingerprint density at radius 3 is 2.54 bits per heavy atom. The maximum atomic E-state index is 14.6. The largest absolute Gasteiger partial charge is 0.497 e. The van der Waals surface area contributed by atoms with E-state index in [1.807, 2.05) is 19.9 Å². The smallest absolute Gasteiger partial charge is 0.312 e. The van der Waals surface area contributed by atoms with Crippen molar-refractivity contribution in [2.45, 2.75) is 69.6 Å². The second-order valence-corrected chi connectivity index (χ2v) is 11.6. The van der Waals surface area contributed by atoms with Crippen LogP contribution in [0.25, 0.3) is 0 Å². The van der Waals surface area contributed by atoms with Crippen LogP contribution < -0.4 is 9.64 Å². The molecule has 1 N–H and O–H groups in total. The molecule has 224 valence electrons. The summed E-state index contributed by atoms with van der Waals surface area (Å²) in [6.07, 6.45) is 7.36. The Balaban J connectivity index is 1.71. The zero-order chi connectivity index (χ0) is 29.8. The van der Waals surface area contributed by atoms with Crippen LogP contribution in [0.2, 0.25) is 0 Å². The molecule has 3 heterocycles. The summed E-state index contributed by atoms with van der Waals surface area (Å²) in [5.41, 5.74) is -1.46. The molecule has 3 aliphatic rings. The number of nitrogens with zero attached hydrogens (tertiary/aromatic N) is 2. The standard InChI is InChI=1S/C32H44N2O7/c1-6-8-9-12-20-40-30(38)26-25-28(36)34(18-10-11-19-35)27(32(25)21-22(3)31(26,4)41-32)29(37)33(17-7-2)23-13-15-24(39-5)16-14-23/h6-7,13-16,22,25-27,35H,1-2,8-12,17-21H2,3-5H3/t22?,25-,26+,27?,31-,32?/m0/s1. The number of aliphatic hydroxyl groups is 1. The van der Waals surface area contributed by atoms with E-state index in [0.717, 1.165) is 12.8 Å². The number of rotatable bonds is 15. The lowest BCUT2D eigenvalue weighted by Gasteiger charge is -2.37. The number of methoxy groups -OCH3 is 1. The van der Waals surface area contributed by atoms with Gasteiger partial charge in [-0.25, -0.2) is 0 Å². The van der Waals surface area contributed by atoms with Crippen LogP contribution in [0.5, 0.6) is 5.75 Å². The summed E-state index contributed by atoms with van der Waals surface area (Å²) in [5.74, 6) is -2.06. The van der Waals surface area contributed by atoms with Crippen LogP contribution in [0, 0.1) is 17.8 Å². The lowest BCUT2D eigenvalue weighted by molar-refractivity contribution is -0.161. The van der Waals surface area contributed by atoms with Crippen molar-refractivity contribution in [3.05, 3.63) is 49.6 Å². The number of carbonyl (C=O) groups is 3. The third-order valence-electron chi connectivity index (χ3n) is 9.12. The summed E-state index contributed by atoms with van der Waals surface area (Å²) in [7, 11) is 1.58. The molecule has 1 spiro atoms. The van der Waals surface area contributed by atoms with E-state index in [1.54, 1.807) is 47.3 Å². The highest BCUT2D eigenvalue weighted by molar-refractivity contribution is 6.04. The number of esters is 1. The molecule has 3 aliphatic heterocycles. The Morgan fingerprint density at radius 2 is 1.90 bits per heavy atom. The van der Waals surface area contributed by atoms with E-state index in [0.29, 0.717) is 37.1 Å². The van der Waals surface area contributed by atoms with Gasteiger partial charge in [0.05, 0.1) is 25.2 Å². The van der Waals surface area contributed by atoms with Gasteiger partial charge in [0.25, 0.3) is 5.91 Å². The number of anilines is 1. The number of fused-ring (bicyclic) bond motifs is 1. The first-order valence-corrected chi connectivity index (χ1v) is 14.7. The van der Waals surface area contributed by atoms with Gasteiger partial charge in [0.2, 0.25) is 5.91 Å². The van der Waals surface area contributed by atoms with E-state index in [1.165, 1.54) is 0 Å². The summed E-state index contributed by atoms with van der Waals surface area (Å²) in [6.45, 7) is 12.2. The number of likely N-dealkylation sites (tertiary alicyclic amines) is 1. The first-order chi connectivity index (χ1) is 19.7. The van der Waals surface area contributed by atoms with Gasteiger partial charge in [0.15, 0.2) is 0 Å². The molecule has 1 aromatic rings.